The first-order chi connectivity index (χ1) is 8.31. The van der Waals surface area contributed by atoms with E-state index in [0.717, 1.165) is 30.8 Å². The van der Waals surface area contributed by atoms with Crippen LogP contribution >= 0.6 is 11.3 Å². The van der Waals surface area contributed by atoms with Crippen LogP contribution in [-0.4, -0.2) is 9.97 Å². The standard InChI is InChI=1S/C12H16N4S/c1-2-4-9-7-12(16-13)15-11(14-9)8-10-5-3-6-17-10/h3,5-7H,2,4,8,13H2,1H3,(H,14,15,16). The van der Waals surface area contributed by atoms with Gasteiger partial charge < -0.3 is 5.43 Å². The molecule has 90 valence electrons. The fraction of sp³-hybridized carbons (Fsp3) is 0.333. The molecular weight excluding hydrogens is 232 g/mol. The summed E-state index contributed by atoms with van der Waals surface area (Å²) in [6, 6.07) is 6.04. The van der Waals surface area contributed by atoms with Crippen molar-refractivity contribution in [1.82, 2.24) is 9.97 Å². The van der Waals surface area contributed by atoms with Gasteiger partial charge in [0.15, 0.2) is 0 Å². The first-order valence-corrected chi connectivity index (χ1v) is 6.55. The normalized spacial score (nSPS) is 10.5. The molecule has 0 fully saturated rings. The number of anilines is 1. The van der Waals surface area contributed by atoms with Gasteiger partial charge in [0, 0.05) is 23.1 Å². The van der Waals surface area contributed by atoms with Gasteiger partial charge in [0.2, 0.25) is 0 Å². The fourth-order valence-corrected chi connectivity index (χ4v) is 2.36. The average molecular weight is 248 g/mol. The number of aryl methyl sites for hydroxylation is 1. The summed E-state index contributed by atoms with van der Waals surface area (Å²) in [5, 5.41) is 2.06. The van der Waals surface area contributed by atoms with E-state index >= 15 is 0 Å². The molecule has 3 N–H and O–H groups in total. The second kappa shape index (κ2) is 5.75. The summed E-state index contributed by atoms with van der Waals surface area (Å²) in [7, 11) is 0. The topological polar surface area (TPSA) is 63.8 Å². The highest BCUT2D eigenvalue weighted by molar-refractivity contribution is 7.09. The summed E-state index contributed by atoms with van der Waals surface area (Å²) >= 11 is 1.72. The van der Waals surface area contributed by atoms with E-state index in [0.29, 0.717) is 5.82 Å². The lowest BCUT2D eigenvalue weighted by Crippen LogP contribution is -2.11. The first-order valence-electron chi connectivity index (χ1n) is 5.67. The lowest BCUT2D eigenvalue weighted by Gasteiger charge is -2.06. The number of thiophene rings is 1. The van der Waals surface area contributed by atoms with E-state index in [1.165, 1.54) is 4.88 Å². The average Bonchev–Trinajstić information content (AvgIpc) is 2.82. The van der Waals surface area contributed by atoms with E-state index in [2.05, 4.69) is 33.8 Å². The molecule has 0 amide bonds. The van der Waals surface area contributed by atoms with Crippen LogP contribution < -0.4 is 11.3 Å². The molecule has 0 aliphatic rings. The summed E-state index contributed by atoms with van der Waals surface area (Å²) in [5.41, 5.74) is 3.64. The van der Waals surface area contributed by atoms with Crippen LogP contribution in [0.4, 0.5) is 5.82 Å². The number of hydrazine groups is 1. The maximum absolute atomic E-state index is 5.42. The summed E-state index contributed by atoms with van der Waals surface area (Å²) in [6.07, 6.45) is 2.79. The molecule has 0 aliphatic heterocycles. The fourth-order valence-electron chi connectivity index (χ4n) is 1.66. The number of nitrogens with two attached hydrogens (primary N) is 1. The Balaban J connectivity index is 2.23. The molecule has 0 saturated heterocycles. The van der Waals surface area contributed by atoms with Gasteiger partial charge in [-0.15, -0.1) is 11.3 Å². The summed E-state index contributed by atoms with van der Waals surface area (Å²) in [4.78, 5) is 10.2. The zero-order valence-corrected chi connectivity index (χ0v) is 10.6. The van der Waals surface area contributed by atoms with E-state index < -0.39 is 0 Å². The molecule has 0 bridgehead atoms. The predicted molar refractivity (Wildman–Crippen MR) is 71.0 cm³/mol. The molecular formula is C12H16N4S. The molecule has 2 aromatic rings. The third-order valence-electron chi connectivity index (χ3n) is 2.39. The maximum atomic E-state index is 5.42. The minimum absolute atomic E-state index is 0.690. The Kier molecular flexibility index (Phi) is 4.06. The molecule has 0 saturated carbocycles. The maximum Gasteiger partial charge on any atom is 0.143 e. The number of nitrogens with one attached hydrogen (secondary N) is 1. The van der Waals surface area contributed by atoms with Gasteiger partial charge in [-0.1, -0.05) is 19.4 Å². The summed E-state index contributed by atoms with van der Waals surface area (Å²) in [5.74, 6) is 6.93. The van der Waals surface area contributed by atoms with E-state index in [1.807, 2.05) is 12.1 Å². The largest absolute Gasteiger partial charge is 0.308 e. The molecule has 0 aromatic carbocycles. The Morgan fingerprint density at radius 1 is 1.41 bits per heavy atom. The minimum atomic E-state index is 0.690. The molecule has 5 heteroatoms. The van der Waals surface area contributed by atoms with Gasteiger partial charge in [-0.25, -0.2) is 15.8 Å². The van der Waals surface area contributed by atoms with Gasteiger partial charge in [-0.2, -0.15) is 0 Å². The number of hydrogen-bond donors (Lipinski definition) is 2. The Labute approximate surface area is 105 Å². The number of rotatable bonds is 5. The molecule has 2 aromatic heterocycles. The van der Waals surface area contributed by atoms with E-state index in [1.54, 1.807) is 11.3 Å². The van der Waals surface area contributed by atoms with Crippen molar-refractivity contribution in [2.45, 2.75) is 26.2 Å². The monoisotopic (exact) mass is 248 g/mol. The molecule has 17 heavy (non-hydrogen) atoms. The SMILES string of the molecule is CCCc1cc(NN)nc(Cc2cccs2)n1. The Morgan fingerprint density at radius 3 is 2.94 bits per heavy atom. The highest BCUT2D eigenvalue weighted by Crippen LogP contribution is 2.15. The van der Waals surface area contributed by atoms with Crippen molar-refractivity contribution in [1.29, 1.82) is 0 Å². The Bertz CT molecular complexity index is 467. The zero-order valence-electron chi connectivity index (χ0n) is 9.81. The van der Waals surface area contributed by atoms with Gasteiger partial charge in [-0.05, 0) is 17.9 Å². The minimum Gasteiger partial charge on any atom is -0.308 e. The van der Waals surface area contributed by atoms with Crippen molar-refractivity contribution in [3.63, 3.8) is 0 Å². The third-order valence-corrected chi connectivity index (χ3v) is 3.27. The smallest absolute Gasteiger partial charge is 0.143 e. The predicted octanol–water partition coefficient (Wildman–Crippen LogP) is 2.37. The van der Waals surface area contributed by atoms with Gasteiger partial charge in [-0.3, -0.25) is 0 Å². The van der Waals surface area contributed by atoms with Crippen molar-refractivity contribution in [3.05, 3.63) is 40.0 Å². The highest BCUT2D eigenvalue weighted by atomic mass is 32.1. The van der Waals surface area contributed by atoms with Crippen LogP contribution in [0.1, 0.15) is 29.7 Å². The Hall–Kier alpha value is -1.46. The van der Waals surface area contributed by atoms with Crippen LogP contribution in [-0.2, 0) is 12.8 Å². The van der Waals surface area contributed by atoms with Crippen LogP contribution in [0.15, 0.2) is 23.6 Å². The summed E-state index contributed by atoms with van der Waals surface area (Å²) < 4.78 is 0. The van der Waals surface area contributed by atoms with Crippen molar-refractivity contribution in [2.24, 2.45) is 5.84 Å². The molecule has 0 spiro atoms. The number of hydrogen-bond acceptors (Lipinski definition) is 5. The van der Waals surface area contributed by atoms with E-state index in [4.69, 9.17) is 5.84 Å². The van der Waals surface area contributed by atoms with Gasteiger partial charge >= 0.3 is 0 Å². The molecule has 0 aliphatic carbocycles. The van der Waals surface area contributed by atoms with Crippen LogP contribution in [0.2, 0.25) is 0 Å². The molecule has 0 unspecified atom stereocenters. The molecule has 2 rings (SSSR count). The first kappa shape index (κ1) is 12.0. The number of aromatic nitrogens is 2. The highest BCUT2D eigenvalue weighted by Gasteiger charge is 2.05. The molecule has 2 heterocycles. The van der Waals surface area contributed by atoms with Crippen LogP contribution in [0.5, 0.6) is 0 Å². The lowest BCUT2D eigenvalue weighted by molar-refractivity contribution is 0.844. The second-order valence-electron chi connectivity index (χ2n) is 3.81. The number of nitrogen functional groups attached to an aromatic ring is 1. The van der Waals surface area contributed by atoms with Crippen molar-refractivity contribution >= 4 is 17.2 Å². The van der Waals surface area contributed by atoms with Crippen molar-refractivity contribution < 1.29 is 0 Å². The van der Waals surface area contributed by atoms with Crippen LogP contribution in [0, 0.1) is 0 Å². The lowest BCUT2D eigenvalue weighted by atomic mass is 10.2. The van der Waals surface area contributed by atoms with Gasteiger partial charge in [0.05, 0.1) is 0 Å². The van der Waals surface area contributed by atoms with Crippen molar-refractivity contribution in [3.8, 4) is 0 Å². The van der Waals surface area contributed by atoms with E-state index in [9.17, 15) is 0 Å². The zero-order chi connectivity index (χ0) is 12.1. The molecule has 4 nitrogen and oxygen atoms in total. The van der Waals surface area contributed by atoms with Gasteiger partial charge in [0.1, 0.15) is 11.6 Å². The van der Waals surface area contributed by atoms with Crippen molar-refractivity contribution in [2.75, 3.05) is 5.43 Å². The quantitative estimate of drug-likeness (QED) is 0.630. The molecule has 0 atom stereocenters. The van der Waals surface area contributed by atoms with Crippen LogP contribution in [0.3, 0.4) is 0 Å². The third kappa shape index (κ3) is 3.25. The number of nitrogens with zero attached hydrogens (tertiary/aromatic N) is 2. The summed E-state index contributed by atoms with van der Waals surface area (Å²) in [6.45, 7) is 2.14. The van der Waals surface area contributed by atoms with Gasteiger partial charge in [0.25, 0.3) is 0 Å². The second-order valence-corrected chi connectivity index (χ2v) is 4.84. The van der Waals surface area contributed by atoms with Crippen LogP contribution in [0.25, 0.3) is 0 Å². The molecule has 0 radical (unpaired) electrons. The Morgan fingerprint density at radius 2 is 2.29 bits per heavy atom. The van der Waals surface area contributed by atoms with E-state index in [-0.39, 0.29) is 0 Å².